The normalized spacial score (nSPS) is 19.3. The van der Waals surface area contributed by atoms with Gasteiger partial charge in [0.05, 0.1) is 0 Å². The summed E-state index contributed by atoms with van der Waals surface area (Å²) in [6.45, 7) is 1.32. The molecular formula is C16H18FN3O3. The zero-order valence-electron chi connectivity index (χ0n) is 12.8. The first kappa shape index (κ1) is 15.5. The Morgan fingerprint density at radius 2 is 2.04 bits per heavy atom. The molecule has 1 aromatic rings. The molecule has 3 rings (SSSR count). The molecule has 0 bridgehead atoms. The van der Waals surface area contributed by atoms with Gasteiger partial charge < -0.3 is 10.6 Å². The van der Waals surface area contributed by atoms with E-state index in [0.717, 1.165) is 17.7 Å². The summed E-state index contributed by atoms with van der Waals surface area (Å²) in [6, 6.07) is 3.47. The predicted molar refractivity (Wildman–Crippen MR) is 81.2 cm³/mol. The number of halogens is 1. The Bertz CT molecular complexity index is 683. The average molecular weight is 319 g/mol. The Labute approximate surface area is 133 Å². The summed E-state index contributed by atoms with van der Waals surface area (Å²) in [7, 11) is 0. The second kappa shape index (κ2) is 5.64. The highest BCUT2D eigenvalue weighted by Gasteiger charge is 2.52. The molecule has 1 aliphatic carbocycles. The first-order chi connectivity index (χ1) is 10.9. The quantitative estimate of drug-likeness (QED) is 0.836. The molecule has 1 saturated heterocycles. The maximum absolute atomic E-state index is 13.1. The third-order valence-electron chi connectivity index (χ3n) is 4.47. The molecule has 2 aliphatic rings. The van der Waals surface area contributed by atoms with Gasteiger partial charge >= 0.3 is 6.03 Å². The van der Waals surface area contributed by atoms with E-state index in [2.05, 4.69) is 10.6 Å². The van der Waals surface area contributed by atoms with Crippen LogP contribution in [-0.2, 0) is 9.59 Å². The molecule has 1 saturated carbocycles. The van der Waals surface area contributed by atoms with Gasteiger partial charge in [0.15, 0.2) is 0 Å². The number of hydrogen-bond donors (Lipinski definition) is 2. The molecular weight excluding hydrogens is 301 g/mol. The Morgan fingerprint density at radius 3 is 2.70 bits per heavy atom. The van der Waals surface area contributed by atoms with Crippen molar-refractivity contribution >= 4 is 23.5 Å². The monoisotopic (exact) mass is 319 g/mol. The molecule has 2 fully saturated rings. The van der Waals surface area contributed by atoms with E-state index in [-0.39, 0.29) is 12.5 Å². The lowest BCUT2D eigenvalue weighted by molar-refractivity contribution is -0.133. The summed E-state index contributed by atoms with van der Waals surface area (Å²) < 4.78 is 13.1. The number of hydrogen-bond acceptors (Lipinski definition) is 3. The fourth-order valence-electron chi connectivity index (χ4n) is 3.24. The van der Waals surface area contributed by atoms with Crippen molar-refractivity contribution in [3.63, 3.8) is 0 Å². The van der Waals surface area contributed by atoms with E-state index < -0.39 is 23.3 Å². The van der Waals surface area contributed by atoms with E-state index in [1.807, 2.05) is 0 Å². The van der Waals surface area contributed by atoms with Gasteiger partial charge in [-0.05, 0) is 43.5 Å². The van der Waals surface area contributed by atoms with E-state index in [1.165, 1.54) is 18.2 Å². The van der Waals surface area contributed by atoms with E-state index in [4.69, 9.17) is 0 Å². The van der Waals surface area contributed by atoms with Crippen LogP contribution in [0.5, 0.6) is 0 Å². The van der Waals surface area contributed by atoms with Crippen LogP contribution in [-0.4, -0.2) is 34.8 Å². The third-order valence-corrected chi connectivity index (χ3v) is 4.47. The van der Waals surface area contributed by atoms with E-state index in [1.54, 1.807) is 6.92 Å². The smallest absolute Gasteiger partial charge is 0.324 e. The molecule has 1 aromatic carbocycles. The Hall–Kier alpha value is -2.44. The second-order valence-corrected chi connectivity index (χ2v) is 6.12. The summed E-state index contributed by atoms with van der Waals surface area (Å²) in [5.41, 5.74) is 0.213. The second-order valence-electron chi connectivity index (χ2n) is 6.12. The minimum atomic E-state index is -0.816. The highest BCUT2D eigenvalue weighted by Crippen LogP contribution is 2.34. The van der Waals surface area contributed by atoms with E-state index >= 15 is 0 Å². The number of benzene rings is 1. The zero-order chi connectivity index (χ0) is 16.6. The van der Waals surface area contributed by atoms with E-state index in [9.17, 15) is 18.8 Å². The molecule has 1 heterocycles. The zero-order valence-corrected chi connectivity index (χ0v) is 12.8. The SMILES string of the molecule is Cc1cc(F)ccc1NC(=O)CN1C(=O)NC2(CCCC2)C1=O. The van der Waals surface area contributed by atoms with Crippen molar-refractivity contribution in [1.82, 2.24) is 10.2 Å². The molecule has 0 aromatic heterocycles. The van der Waals surface area contributed by atoms with Gasteiger partial charge in [0, 0.05) is 5.69 Å². The molecule has 6 nitrogen and oxygen atoms in total. The summed E-state index contributed by atoms with van der Waals surface area (Å²) in [4.78, 5) is 37.5. The van der Waals surface area contributed by atoms with Crippen LogP contribution in [0.2, 0.25) is 0 Å². The molecule has 122 valence electrons. The predicted octanol–water partition coefficient (Wildman–Crippen LogP) is 1.94. The van der Waals surface area contributed by atoms with Crippen LogP contribution in [0.4, 0.5) is 14.9 Å². The van der Waals surface area contributed by atoms with Crippen molar-refractivity contribution in [1.29, 1.82) is 0 Å². The number of carbonyl (C=O) groups is 3. The number of imide groups is 1. The Balaban J connectivity index is 1.68. The van der Waals surface area contributed by atoms with Gasteiger partial charge in [0.1, 0.15) is 17.9 Å². The van der Waals surface area contributed by atoms with Crippen LogP contribution in [0.1, 0.15) is 31.2 Å². The first-order valence-electron chi connectivity index (χ1n) is 7.61. The fraction of sp³-hybridized carbons (Fsp3) is 0.438. The molecule has 0 unspecified atom stereocenters. The third kappa shape index (κ3) is 2.78. The number of aryl methyl sites for hydroxylation is 1. The van der Waals surface area contributed by atoms with Crippen molar-refractivity contribution in [3.8, 4) is 0 Å². The van der Waals surface area contributed by atoms with Crippen molar-refractivity contribution in [2.24, 2.45) is 0 Å². The van der Waals surface area contributed by atoms with Crippen molar-refractivity contribution < 1.29 is 18.8 Å². The molecule has 23 heavy (non-hydrogen) atoms. The van der Waals surface area contributed by atoms with Crippen molar-refractivity contribution in [2.45, 2.75) is 38.1 Å². The highest BCUT2D eigenvalue weighted by molar-refractivity contribution is 6.10. The summed E-state index contributed by atoms with van der Waals surface area (Å²) in [5, 5.41) is 5.33. The number of amides is 4. The summed E-state index contributed by atoms with van der Waals surface area (Å²) >= 11 is 0. The first-order valence-corrected chi connectivity index (χ1v) is 7.61. The lowest BCUT2D eigenvalue weighted by Gasteiger charge is -2.19. The number of nitrogens with one attached hydrogen (secondary N) is 2. The maximum Gasteiger partial charge on any atom is 0.325 e. The molecule has 4 amide bonds. The number of urea groups is 1. The van der Waals surface area contributed by atoms with Gasteiger partial charge in [0.2, 0.25) is 5.91 Å². The Morgan fingerprint density at radius 1 is 1.35 bits per heavy atom. The molecule has 2 N–H and O–H groups in total. The molecule has 0 atom stereocenters. The van der Waals surface area contributed by atoms with Crippen LogP contribution in [0.3, 0.4) is 0 Å². The standard InChI is InChI=1S/C16H18FN3O3/c1-10-8-11(17)4-5-12(10)18-13(21)9-20-14(22)16(19-15(20)23)6-2-3-7-16/h4-5,8H,2-3,6-7,9H2,1H3,(H,18,21)(H,19,23). The van der Waals surface area contributed by atoms with Crippen molar-refractivity contribution in [3.05, 3.63) is 29.6 Å². The molecule has 0 radical (unpaired) electrons. The molecule has 1 spiro atoms. The number of nitrogens with zero attached hydrogens (tertiary/aromatic N) is 1. The average Bonchev–Trinajstić information content (AvgIpc) is 3.04. The topological polar surface area (TPSA) is 78.5 Å². The summed E-state index contributed by atoms with van der Waals surface area (Å²) in [5.74, 6) is -1.21. The van der Waals surface area contributed by atoms with Gasteiger partial charge in [0.25, 0.3) is 5.91 Å². The van der Waals surface area contributed by atoms with Gasteiger partial charge in [-0.15, -0.1) is 0 Å². The van der Waals surface area contributed by atoms with Gasteiger partial charge in [-0.25, -0.2) is 9.18 Å². The molecule has 1 aliphatic heterocycles. The van der Waals surface area contributed by atoms with Gasteiger partial charge in [-0.2, -0.15) is 0 Å². The lowest BCUT2D eigenvalue weighted by atomic mass is 9.98. The minimum Gasteiger partial charge on any atom is -0.324 e. The highest BCUT2D eigenvalue weighted by atomic mass is 19.1. The van der Waals surface area contributed by atoms with Crippen LogP contribution < -0.4 is 10.6 Å². The lowest BCUT2D eigenvalue weighted by Crippen LogP contribution is -2.44. The largest absolute Gasteiger partial charge is 0.325 e. The van der Waals surface area contributed by atoms with Crippen molar-refractivity contribution in [2.75, 3.05) is 11.9 Å². The van der Waals surface area contributed by atoms with Crippen LogP contribution in [0.15, 0.2) is 18.2 Å². The fourth-order valence-corrected chi connectivity index (χ4v) is 3.24. The van der Waals surface area contributed by atoms with Crippen LogP contribution >= 0.6 is 0 Å². The minimum absolute atomic E-state index is 0.328. The maximum atomic E-state index is 13.1. The van der Waals surface area contributed by atoms with Gasteiger partial charge in [-0.1, -0.05) is 12.8 Å². The van der Waals surface area contributed by atoms with Crippen LogP contribution in [0, 0.1) is 12.7 Å². The van der Waals surface area contributed by atoms with Gasteiger partial charge in [-0.3, -0.25) is 14.5 Å². The van der Waals surface area contributed by atoms with Crippen LogP contribution in [0.25, 0.3) is 0 Å². The number of rotatable bonds is 3. The summed E-state index contributed by atoms with van der Waals surface area (Å²) in [6.07, 6.45) is 3.02. The Kier molecular flexibility index (Phi) is 3.79. The number of anilines is 1. The van der Waals surface area contributed by atoms with E-state index in [0.29, 0.717) is 24.1 Å². The number of carbonyl (C=O) groups excluding carboxylic acids is 3. The molecule has 7 heteroatoms.